The number of benzene rings is 2. The summed E-state index contributed by atoms with van der Waals surface area (Å²) in [5, 5.41) is 9.41. The Hall–Kier alpha value is -4.87. The number of halogens is 3. The molecule has 1 atom stereocenters. The zero-order valence-electron chi connectivity index (χ0n) is 23.4. The molecule has 0 radical (unpaired) electrons. The summed E-state index contributed by atoms with van der Waals surface area (Å²) in [5.41, 5.74) is 0.616. The molecule has 0 saturated carbocycles. The van der Waals surface area contributed by atoms with Crippen LogP contribution in [0.4, 0.5) is 18.0 Å². The largest absolute Gasteiger partial charge is 0.444 e. The summed E-state index contributed by atoms with van der Waals surface area (Å²) in [5.74, 6) is -0.0696. The van der Waals surface area contributed by atoms with Crippen molar-refractivity contribution in [3.63, 3.8) is 0 Å². The van der Waals surface area contributed by atoms with E-state index in [2.05, 4.69) is 20.7 Å². The number of ether oxygens (including phenoxy) is 1. The highest BCUT2D eigenvalue weighted by Gasteiger charge is 2.31. The average molecular weight is 582 g/mol. The van der Waals surface area contributed by atoms with E-state index in [0.717, 1.165) is 17.7 Å². The van der Waals surface area contributed by atoms with Gasteiger partial charge in [0.05, 0.1) is 24.0 Å². The van der Waals surface area contributed by atoms with Gasteiger partial charge < -0.3 is 20.2 Å². The van der Waals surface area contributed by atoms with Gasteiger partial charge in [0.25, 0.3) is 5.91 Å². The lowest BCUT2D eigenvalue weighted by molar-refractivity contribution is -0.137. The molecule has 0 unspecified atom stereocenters. The first kappa shape index (κ1) is 30.1. The molecule has 4 aromatic rings. The van der Waals surface area contributed by atoms with Gasteiger partial charge in [-0.15, -0.1) is 9.94 Å². The summed E-state index contributed by atoms with van der Waals surface area (Å²) in [7, 11) is 0. The minimum Gasteiger partial charge on any atom is -0.444 e. The van der Waals surface area contributed by atoms with Crippen molar-refractivity contribution in [3.8, 4) is 16.9 Å². The SMILES string of the molecule is C[C@@H](NC(=O)c1cc(On2cccn2)ccn1)c1ccc(-c2cc(C(F)(F)F)ccc2CNC(=O)OC(C)(C)C)cc1. The van der Waals surface area contributed by atoms with Crippen LogP contribution in [0.1, 0.15) is 60.9 Å². The number of nitrogens with zero attached hydrogens (tertiary/aromatic N) is 3. The maximum atomic E-state index is 13.5. The third kappa shape index (κ3) is 8.09. The molecule has 9 nitrogen and oxygen atoms in total. The highest BCUT2D eigenvalue weighted by molar-refractivity contribution is 5.92. The van der Waals surface area contributed by atoms with Crippen LogP contribution in [0.5, 0.6) is 5.75 Å². The highest BCUT2D eigenvalue weighted by atomic mass is 19.4. The summed E-state index contributed by atoms with van der Waals surface area (Å²) in [6.45, 7) is 6.88. The Labute approximate surface area is 240 Å². The molecule has 0 fully saturated rings. The number of aromatic nitrogens is 3. The lowest BCUT2D eigenvalue weighted by atomic mass is 9.95. The molecular weight excluding hydrogens is 551 g/mol. The summed E-state index contributed by atoms with van der Waals surface area (Å²) in [4.78, 5) is 35.9. The fourth-order valence-corrected chi connectivity index (χ4v) is 3.97. The average Bonchev–Trinajstić information content (AvgIpc) is 3.43. The first-order chi connectivity index (χ1) is 19.8. The van der Waals surface area contributed by atoms with Crippen molar-refractivity contribution in [2.45, 2.75) is 52.1 Å². The number of hydrogen-bond acceptors (Lipinski definition) is 6. The number of carbonyl (C=O) groups is 2. The Morgan fingerprint density at radius 2 is 1.74 bits per heavy atom. The lowest BCUT2D eigenvalue weighted by Crippen LogP contribution is -2.32. The van der Waals surface area contributed by atoms with Crippen molar-refractivity contribution < 1.29 is 32.3 Å². The van der Waals surface area contributed by atoms with Gasteiger partial charge in [-0.1, -0.05) is 30.3 Å². The number of rotatable bonds is 8. The van der Waals surface area contributed by atoms with Gasteiger partial charge in [-0.2, -0.15) is 13.2 Å². The Bertz CT molecular complexity index is 1530. The normalized spacial score (nSPS) is 12.4. The first-order valence-electron chi connectivity index (χ1n) is 13.0. The molecule has 2 amide bonds. The molecule has 12 heteroatoms. The molecule has 0 aliphatic carbocycles. The maximum Gasteiger partial charge on any atom is 0.416 e. The second kappa shape index (κ2) is 12.3. The maximum absolute atomic E-state index is 13.5. The quantitative estimate of drug-likeness (QED) is 0.252. The Morgan fingerprint density at radius 1 is 1.00 bits per heavy atom. The number of amides is 2. The number of hydrogen-bond donors (Lipinski definition) is 2. The summed E-state index contributed by atoms with van der Waals surface area (Å²) in [6, 6.07) is 14.5. The molecule has 0 spiro atoms. The number of alkyl carbamates (subject to hydrolysis) is 1. The predicted octanol–water partition coefficient (Wildman–Crippen LogP) is 6.32. The fraction of sp³-hybridized carbons (Fsp3) is 0.267. The second-order valence-corrected chi connectivity index (χ2v) is 10.4. The van der Waals surface area contributed by atoms with Crippen molar-refractivity contribution in [2.75, 3.05) is 0 Å². The van der Waals surface area contributed by atoms with E-state index in [1.807, 2.05) is 0 Å². The zero-order chi connectivity index (χ0) is 30.5. The van der Waals surface area contributed by atoms with E-state index in [9.17, 15) is 22.8 Å². The number of pyridine rings is 1. The smallest absolute Gasteiger partial charge is 0.416 e. The standard InChI is InChI=1S/C30H30F3N5O4/c1-19(37-27(39)26-17-24(12-14-34-26)42-38-15-5-13-36-38)20-6-8-21(9-7-20)25-16-23(30(31,32)33)11-10-22(25)18-35-28(40)41-29(2,3)4/h5-17,19H,18H2,1-4H3,(H,35,40)(H,37,39)/t19-/m1/s1. The molecule has 2 aromatic carbocycles. The van der Waals surface area contributed by atoms with Gasteiger partial charge in [0, 0.05) is 24.9 Å². The van der Waals surface area contributed by atoms with Gasteiger partial charge >= 0.3 is 12.3 Å². The molecule has 42 heavy (non-hydrogen) atoms. The molecule has 4 rings (SSSR count). The fourth-order valence-electron chi connectivity index (χ4n) is 3.97. The van der Waals surface area contributed by atoms with Crippen molar-refractivity contribution in [1.82, 2.24) is 25.6 Å². The van der Waals surface area contributed by atoms with E-state index in [1.54, 1.807) is 76.5 Å². The van der Waals surface area contributed by atoms with Gasteiger partial charge in [0.15, 0.2) is 5.75 Å². The van der Waals surface area contributed by atoms with Gasteiger partial charge in [0.2, 0.25) is 0 Å². The topological polar surface area (TPSA) is 107 Å². The molecular formula is C30H30F3N5O4. The summed E-state index contributed by atoms with van der Waals surface area (Å²) >= 11 is 0. The monoisotopic (exact) mass is 581 g/mol. The Balaban J connectivity index is 1.49. The Kier molecular flexibility index (Phi) is 8.84. The Morgan fingerprint density at radius 3 is 2.38 bits per heavy atom. The van der Waals surface area contributed by atoms with Crippen LogP contribution in [0.15, 0.2) is 79.3 Å². The highest BCUT2D eigenvalue weighted by Crippen LogP contribution is 2.34. The zero-order valence-corrected chi connectivity index (χ0v) is 23.4. The molecule has 0 bridgehead atoms. The van der Waals surface area contributed by atoms with Crippen LogP contribution in [0, 0.1) is 0 Å². The molecule has 2 aromatic heterocycles. The molecule has 2 N–H and O–H groups in total. The van der Waals surface area contributed by atoms with Crippen LogP contribution < -0.4 is 15.5 Å². The van der Waals surface area contributed by atoms with Crippen LogP contribution in [0.3, 0.4) is 0 Å². The minimum atomic E-state index is -4.54. The molecule has 0 saturated heterocycles. The number of nitrogens with one attached hydrogen (secondary N) is 2. The van der Waals surface area contributed by atoms with E-state index in [0.29, 0.717) is 22.4 Å². The number of carbonyl (C=O) groups excluding carboxylic acids is 2. The molecule has 220 valence electrons. The molecule has 0 aliphatic heterocycles. The predicted molar refractivity (Wildman–Crippen MR) is 148 cm³/mol. The molecule has 2 heterocycles. The first-order valence-corrected chi connectivity index (χ1v) is 13.0. The van der Waals surface area contributed by atoms with Crippen LogP contribution in [0.2, 0.25) is 0 Å². The minimum absolute atomic E-state index is 0.0349. The van der Waals surface area contributed by atoms with Crippen LogP contribution in [-0.2, 0) is 17.5 Å². The van der Waals surface area contributed by atoms with Crippen molar-refractivity contribution in [2.24, 2.45) is 0 Å². The molecule has 0 aliphatic rings. The van der Waals surface area contributed by atoms with Crippen molar-refractivity contribution in [1.29, 1.82) is 0 Å². The van der Waals surface area contributed by atoms with E-state index in [1.165, 1.54) is 23.2 Å². The van der Waals surface area contributed by atoms with Crippen molar-refractivity contribution in [3.05, 3.63) is 102 Å². The van der Waals surface area contributed by atoms with E-state index in [4.69, 9.17) is 9.57 Å². The van der Waals surface area contributed by atoms with Gasteiger partial charge in [-0.3, -0.25) is 9.78 Å². The van der Waals surface area contributed by atoms with Crippen LogP contribution in [-0.4, -0.2) is 32.5 Å². The third-order valence-electron chi connectivity index (χ3n) is 5.97. The van der Waals surface area contributed by atoms with E-state index in [-0.39, 0.29) is 12.2 Å². The van der Waals surface area contributed by atoms with Crippen LogP contribution >= 0.6 is 0 Å². The second-order valence-electron chi connectivity index (χ2n) is 10.4. The van der Waals surface area contributed by atoms with E-state index < -0.39 is 35.4 Å². The number of alkyl halides is 3. The van der Waals surface area contributed by atoms with Crippen molar-refractivity contribution >= 4 is 12.0 Å². The van der Waals surface area contributed by atoms with Gasteiger partial charge in [0.1, 0.15) is 11.3 Å². The van der Waals surface area contributed by atoms with E-state index >= 15 is 0 Å². The summed E-state index contributed by atoms with van der Waals surface area (Å²) < 4.78 is 45.8. The van der Waals surface area contributed by atoms with Crippen LogP contribution in [0.25, 0.3) is 11.1 Å². The van der Waals surface area contributed by atoms with Gasteiger partial charge in [-0.05, 0) is 68.1 Å². The van der Waals surface area contributed by atoms with Gasteiger partial charge in [-0.25, -0.2) is 4.79 Å². The lowest BCUT2D eigenvalue weighted by Gasteiger charge is -2.20. The third-order valence-corrected chi connectivity index (χ3v) is 5.97. The summed E-state index contributed by atoms with van der Waals surface area (Å²) in [6.07, 6.45) is -0.625.